The van der Waals surface area contributed by atoms with Crippen molar-refractivity contribution in [2.75, 3.05) is 17.9 Å². The van der Waals surface area contributed by atoms with Gasteiger partial charge in [-0.25, -0.2) is 0 Å². The second-order valence-electron chi connectivity index (χ2n) is 5.68. The van der Waals surface area contributed by atoms with Crippen LogP contribution in [0.5, 0.6) is 11.5 Å². The van der Waals surface area contributed by atoms with Crippen molar-refractivity contribution in [2.45, 2.75) is 13.8 Å². The molecule has 0 heterocycles. The molecule has 0 aromatic heterocycles. The molecule has 1 aliphatic rings. The minimum atomic E-state index is -4.56. The van der Waals surface area contributed by atoms with E-state index in [1.807, 2.05) is 4.72 Å². The first-order valence-electron chi connectivity index (χ1n) is 8.18. The minimum Gasteiger partial charge on any atom is -0.493 e. The van der Waals surface area contributed by atoms with E-state index in [2.05, 4.69) is 0 Å². The Morgan fingerprint density at radius 1 is 0.926 bits per heavy atom. The van der Waals surface area contributed by atoms with Gasteiger partial charge in [-0.3, -0.25) is 18.9 Å². The molecule has 27 heavy (non-hydrogen) atoms. The quantitative estimate of drug-likeness (QED) is 0.620. The highest BCUT2D eigenvalue weighted by atomic mass is 32.2. The zero-order valence-electron chi connectivity index (χ0n) is 14.6. The Kier molecular flexibility index (Phi) is 4.90. The van der Waals surface area contributed by atoms with Crippen molar-refractivity contribution in [3.63, 3.8) is 0 Å². The highest BCUT2D eigenvalue weighted by Crippen LogP contribution is 2.39. The summed E-state index contributed by atoms with van der Waals surface area (Å²) in [6, 6.07) is 7.15. The average molecular weight is 391 g/mol. The number of benzene rings is 2. The Labute approximate surface area is 156 Å². The van der Waals surface area contributed by atoms with Crippen molar-refractivity contribution >= 4 is 27.6 Å². The number of anilines is 1. The number of hydrogen-bond acceptors (Lipinski definition) is 6. The van der Waals surface area contributed by atoms with Gasteiger partial charge in [0.2, 0.25) is 5.78 Å². The molecule has 0 fully saturated rings. The van der Waals surface area contributed by atoms with Gasteiger partial charge >= 0.3 is 10.3 Å². The van der Waals surface area contributed by atoms with Crippen molar-refractivity contribution in [1.29, 1.82) is 0 Å². The summed E-state index contributed by atoms with van der Waals surface area (Å²) in [5, 5.41) is 0. The summed E-state index contributed by atoms with van der Waals surface area (Å²) in [7, 11) is -4.56. The maximum Gasteiger partial charge on any atom is 0.357 e. The van der Waals surface area contributed by atoms with E-state index in [-0.39, 0.29) is 40.3 Å². The molecule has 0 saturated carbocycles. The summed E-state index contributed by atoms with van der Waals surface area (Å²) in [6.07, 6.45) is 0. The fourth-order valence-corrected chi connectivity index (χ4v) is 3.42. The molecule has 0 bridgehead atoms. The monoisotopic (exact) mass is 391 g/mol. The average Bonchev–Trinajstić information content (AvgIpc) is 2.58. The lowest BCUT2D eigenvalue weighted by molar-refractivity contribution is 0.0972. The Morgan fingerprint density at radius 2 is 1.56 bits per heavy atom. The van der Waals surface area contributed by atoms with Crippen molar-refractivity contribution < 1.29 is 32.0 Å². The van der Waals surface area contributed by atoms with E-state index in [0.717, 1.165) is 0 Å². The number of ketones is 2. The van der Waals surface area contributed by atoms with Gasteiger partial charge in [0.1, 0.15) is 11.5 Å². The second kappa shape index (κ2) is 7.01. The van der Waals surface area contributed by atoms with Crippen LogP contribution in [-0.2, 0) is 10.3 Å². The number of rotatable bonds is 6. The molecular weight excluding hydrogens is 374 g/mol. The molecule has 0 aliphatic heterocycles. The normalized spacial score (nSPS) is 13.0. The van der Waals surface area contributed by atoms with Gasteiger partial charge in [-0.05, 0) is 26.0 Å². The van der Waals surface area contributed by atoms with Gasteiger partial charge in [-0.2, -0.15) is 8.42 Å². The van der Waals surface area contributed by atoms with Gasteiger partial charge in [0, 0.05) is 17.2 Å². The van der Waals surface area contributed by atoms with E-state index in [1.54, 1.807) is 26.0 Å². The van der Waals surface area contributed by atoms with Crippen molar-refractivity contribution in [2.24, 2.45) is 0 Å². The highest BCUT2D eigenvalue weighted by molar-refractivity contribution is 7.87. The number of ether oxygens (including phenoxy) is 2. The largest absolute Gasteiger partial charge is 0.493 e. The van der Waals surface area contributed by atoms with Crippen LogP contribution in [0, 0.1) is 0 Å². The fraction of sp³-hybridized carbons (Fsp3) is 0.222. The van der Waals surface area contributed by atoms with Gasteiger partial charge in [-0.1, -0.05) is 12.1 Å². The number of nitrogens with one attached hydrogen (secondary N) is 1. The van der Waals surface area contributed by atoms with Crippen molar-refractivity contribution in [3.8, 4) is 11.5 Å². The maximum atomic E-state index is 13.1. The third-order valence-corrected chi connectivity index (χ3v) is 4.41. The Bertz CT molecular complexity index is 1040. The summed E-state index contributed by atoms with van der Waals surface area (Å²) in [5.41, 5.74) is 0.226. The van der Waals surface area contributed by atoms with Crippen LogP contribution in [0.2, 0.25) is 0 Å². The molecule has 0 amide bonds. The zero-order chi connectivity index (χ0) is 19.8. The molecule has 2 N–H and O–H groups in total. The molecule has 9 heteroatoms. The first-order chi connectivity index (χ1) is 12.8. The standard InChI is InChI=1S/C18H17NO7S/c1-3-25-13-7-5-6-11-15(13)18(21)16-12(17(11)20)8-10(19-27(22,23)24)9-14(16)26-4-2/h5-9,19H,3-4H2,1-2H3,(H,22,23,24). The van der Waals surface area contributed by atoms with Gasteiger partial charge in [0.15, 0.2) is 5.78 Å². The van der Waals surface area contributed by atoms with Crippen LogP contribution in [0.4, 0.5) is 5.69 Å². The molecule has 0 saturated heterocycles. The minimum absolute atomic E-state index is 0.0155. The van der Waals surface area contributed by atoms with Gasteiger partial charge in [-0.15, -0.1) is 0 Å². The Balaban J connectivity index is 2.25. The molecule has 8 nitrogen and oxygen atoms in total. The number of carbonyl (C=O) groups excluding carboxylic acids is 2. The van der Waals surface area contributed by atoms with Crippen LogP contribution in [0.3, 0.4) is 0 Å². The molecule has 0 spiro atoms. The molecule has 1 aliphatic carbocycles. The second-order valence-corrected chi connectivity index (χ2v) is 6.83. The van der Waals surface area contributed by atoms with Gasteiger partial charge in [0.25, 0.3) is 0 Å². The van der Waals surface area contributed by atoms with Gasteiger partial charge < -0.3 is 9.47 Å². The third kappa shape index (κ3) is 3.51. The lowest BCUT2D eigenvalue weighted by atomic mass is 9.83. The Hall–Kier alpha value is -2.91. The maximum absolute atomic E-state index is 13.1. The van der Waals surface area contributed by atoms with Crippen LogP contribution in [0.15, 0.2) is 30.3 Å². The highest BCUT2D eigenvalue weighted by Gasteiger charge is 2.35. The topological polar surface area (TPSA) is 119 Å². The molecule has 0 radical (unpaired) electrons. The van der Waals surface area contributed by atoms with E-state index in [0.29, 0.717) is 12.4 Å². The van der Waals surface area contributed by atoms with Crippen LogP contribution in [0.25, 0.3) is 0 Å². The summed E-state index contributed by atoms with van der Waals surface area (Å²) in [5.74, 6) is -0.593. The molecule has 0 atom stereocenters. The van der Waals surface area contributed by atoms with Gasteiger partial charge in [0.05, 0.1) is 30.0 Å². The lowest BCUT2D eigenvalue weighted by Gasteiger charge is -2.23. The number of hydrogen-bond donors (Lipinski definition) is 2. The first-order valence-corrected chi connectivity index (χ1v) is 9.62. The molecule has 0 unspecified atom stereocenters. The predicted octanol–water partition coefficient (Wildman–Crippen LogP) is 2.47. The predicted molar refractivity (Wildman–Crippen MR) is 97.3 cm³/mol. The van der Waals surface area contributed by atoms with Crippen molar-refractivity contribution in [3.05, 3.63) is 52.6 Å². The molecule has 2 aromatic carbocycles. The fourth-order valence-electron chi connectivity index (χ4n) is 3.01. The van der Waals surface area contributed by atoms with Crippen LogP contribution in [0.1, 0.15) is 45.7 Å². The molecule has 3 rings (SSSR count). The number of fused-ring (bicyclic) bond motifs is 2. The SMILES string of the molecule is CCOc1cccc2c1C(=O)c1c(OCC)cc(NS(=O)(=O)O)cc1C2=O. The van der Waals surface area contributed by atoms with Crippen LogP contribution < -0.4 is 14.2 Å². The van der Waals surface area contributed by atoms with E-state index >= 15 is 0 Å². The summed E-state index contributed by atoms with van der Waals surface area (Å²) in [6.45, 7) is 3.95. The lowest BCUT2D eigenvalue weighted by Crippen LogP contribution is -2.23. The zero-order valence-corrected chi connectivity index (χ0v) is 15.4. The van der Waals surface area contributed by atoms with E-state index < -0.39 is 21.9 Å². The summed E-state index contributed by atoms with van der Waals surface area (Å²) < 4.78 is 44.1. The van der Waals surface area contributed by atoms with Crippen molar-refractivity contribution in [1.82, 2.24) is 0 Å². The smallest absolute Gasteiger partial charge is 0.357 e. The Morgan fingerprint density at radius 3 is 2.19 bits per heavy atom. The van der Waals surface area contributed by atoms with Crippen LogP contribution in [-0.4, -0.2) is 37.8 Å². The first kappa shape index (κ1) is 18.9. The summed E-state index contributed by atoms with van der Waals surface area (Å²) in [4.78, 5) is 26.1. The third-order valence-electron chi connectivity index (χ3n) is 3.92. The molecule has 2 aromatic rings. The van der Waals surface area contributed by atoms with E-state index in [4.69, 9.17) is 14.0 Å². The summed E-state index contributed by atoms with van der Waals surface area (Å²) >= 11 is 0. The molecule has 142 valence electrons. The van der Waals surface area contributed by atoms with E-state index in [9.17, 15) is 18.0 Å². The van der Waals surface area contributed by atoms with Crippen LogP contribution >= 0.6 is 0 Å². The number of carbonyl (C=O) groups is 2. The molecular formula is C18H17NO7S. The van der Waals surface area contributed by atoms with E-state index in [1.165, 1.54) is 18.2 Å².